The molecule has 2 aromatic rings. The summed E-state index contributed by atoms with van der Waals surface area (Å²) in [7, 11) is 0. The van der Waals surface area contributed by atoms with Gasteiger partial charge in [-0.05, 0) is 57.7 Å². The topological polar surface area (TPSA) is 93.1 Å². The number of aliphatic hydroxyl groups is 1. The average Bonchev–Trinajstić information content (AvgIpc) is 3.10. The van der Waals surface area contributed by atoms with Crippen LogP contribution in [0, 0.1) is 12.3 Å². The molecule has 0 fully saturated rings. The molecule has 1 aliphatic carbocycles. The predicted molar refractivity (Wildman–Crippen MR) is 139 cm³/mol. The second kappa shape index (κ2) is 10.7. The third kappa shape index (κ3) is 5.09. The first kappa shape index (κ1) is 26.4. The molecule has 0 radical (unpaired) electrons. The number of allylic oxidation sites excluding steroid dienone is 1. The number of aryl methyl sites for hydroxylation is 1. The number of ether oxygens (including phenoxy) is 2. The van der Waals surface area contributed by atoms with Crippen LogP contribution in [0.5, 0.6) is 0 Å². The highest BCUT2D eigenvalue weighted by molar-refractivity contribution is 6.08. The van der Waals surface area contributed by atoms with Gasteiger partial charge in [-0.15, -0.1) is 0 Å². The van der Waals surface area contributed by atoms with Gasteiger partial charge in [-0.25, -0.2) is 4.79 Å². The summed E-state index contributed by atoms with van der Waals surface area (Å²) in [6, 6.07) is 15.1. The Hall–Kier alpha value is -3.71. The number of anilines is 1. The molecule has 1 aliphatic heterocycles. The lowest BCUT2D eigenvalue weighted by Gasteiger charge is -2.32. The second-order valence-electron chi connectivity index (χ2n) is 9.53. The third-order valence-corrected chi connectivity index (χ3v) is 7.02. The summed E-state index contributed by atoms with van der Waals surface area (Å²) in [5.41, 5.74) is 0.398. The Labute approximate surface area is 217 Å². The van der Waals surface area contributed by atoms with E-state index < -0.39 is 28.9 Å². The maximum absolute atomic E-state index is 13.7. The SMILES string of the molecule is CCOC(=O)C1=CCC(/C=C/C2(O)C(=O)N(Cc3ccccc3)c3ccc(C)cc32)(C(=O)OCC)CC1. The minimum Gasteiger partial charge on any atom is -0.465 e. The summed E-state index contributed by atoms with van der Waals surface area (Å²) in [6.07, 6.45) is 5.55. The van der Waals surface area contributed by atoms with Gasteiger partial charge >= 0.3 is 11.9 Å². The monoisotopic (exact) mass is 503 g/mol. The number of amides is 1. The Kier molecular flexibility index (Phi) is 7.64. The molecule has 0 saturated carbocycles. The number of fused-ring (bicyclic) bond motifs is 1. The maximum atomic E-state index is 13.7. The van der Waals surface area contributed by atoms with Gasteiger partial charge in [0.1, 0.15) is 0 Å². The Bertz CT molecular complexity index is 1250. The van der Waals surface area contributed by atoms with Crippen molar-refractivity contribution in [1.29, 1.82) is 0 Å². The van der Waals surface area contributed by atoms with Crippen molar-refractivity contribution in [3.8, 4) is 0 Å². The fraction of sp³-hybridized carbons (Fsp3) is 0.367. The van der Waals surface area contributed by atoms with Crippen molar-refractivity contribution in [2.24, 2.45) is 5.41 Å². The molecule has 1 N–H and O–H groups in total. The molecule has 2 atom stereocenters. The van der Waals surface area contributed by atoms with Crippen LogP contribution in [0.4, 0.5) is 5.69 Å². The highest BCUT2D eigenvalue weighted by Crippen LogP contribution is 2.45. The number of carbonyl (C=O) groups excluding carboxylic acids is 3. The summed E-state index contributed by atoms with van der Waals surface area (Å²) < 4.78 is 10.5. The van der Waals surface area contributed by atoms with E-state index in [1.807, 2.05) is 49.4 Å². The van der Waals surface area contributed by atoms with Crippen LogP contribution < -0.4 is 4.90 Å². The molecule has 2 unspecified atom stereocenters. The van der Waals surface area contributed by atoms with Gasteiger partial charge in [-0.1, -0.05) is 60.2 Å². The fourth-order valence-electron chi connectivity index (χ4n) is 4.94. The number of rotatable bonds is 8. The lowest BCUT2D eigenvalue weighted by Crippen LogP contribution is -2.40. The molecule has 37 heavy (non-hydrogen) atoms. The minimum atomic E-state index is -1.94. The number of esters is 2. The molecule has 2 aromatic carbocycles. The molecule has 0 bridgehead atoms. The van der Waals surface area contributed by atoms with Gasteiger partial charge in [0.15, 0.2) is 5.60 Å². The minimum absolute atomic E-state index is 0.193. The normalized spacial score (nSPS) is 23.1. The zero-order chi connectivity index (χ0) is 26.6. The van der Waals surface area contributed by atoms with Gasteiger partial charge in [0.05, 0.1) is 30.9 Å². The fourth-order valence-corrected chi connectivity index (χ4v) is 4.94. The van der Waals surface area contributed by atoms with Crippen LogP contribution in [0.3, 0.4) is 0 Å². The zero-order valence-corrected chi connectivity index (χ0v) is 21.5. The van der Waals surface area contributed by atoms with E-state index in [1.165, 1.54) is 6.08 Å². The first-order valence-corrected chi connectivity index (χ1v) is 12.7. The molecular weight excluding hydrogens is 470 g/mol. The molecule has 4 rings (SSSR count). The van der Waals surface area contributed by atoms with Crippen molar-refractivity contribution in [3.63, 3.8) is 0 Å². The number of hydrogen-bond acceptors (Lipinski definition) is 6. The first-order valence-electron chi connectivity index (χ1n) is 12.7. The van der Waals surface area contributed by atoms with Crippen LogP contribution in [0.1, 0.15) is 49.8 Å². The molecule has 194 valence electrons. The van der Waals surface area contributed by atoms with E-state index in [-0.39, 0.29) is 19.6 Å². The molecule has 0 aromatic heterocycles. The quantitative estimate of drug-likeness (QED) is 0.421. The Morgan fingerprint density at radius 2 is 1.78 bits per heavy atom. The average molecular weight is 504 g/mol. The molecule has 1 heterocycles. The van der Waals surface area contributed by atoms with Gasteiger partial charge in [0.25, 0.3) is 5.91 Å². The van der Waals surface area contributed by atoms with Crippen molar-refractivity contribution in [3.05, 3.63) is 89.0 Å². The van der Waals surface area contributed by atoms with Gasteiger partial charge < -0.3 is 19.5 Å². The van der Waals surface area contributed by atoms with Crippen LogP contribution in [0.15, 0.2) is 72.3 Å². The van der Waals surface area contributed by atoms with E-state index >= 15 is 0 Å². The van der Waals surface area contributed by atoms with Crippen LogP contribution in [-0.4, -0.2) is 36.2 Å². The Morgan fingerprint density at radius 1 is 1.05 bits per heavy atom. The van der Waals surface area contributed by atoms with Gasteiger partial charge in [0.2, 0.25) is 0 Å². The summed E-state index contributed by atoms with van der Waals surface area (Å²) in [5.74, 6) is -1.33. The number of carbonyl (C=O) groups is 3. The van der Waals surface area contributed by atoms with Crippen LogP contribution >= 0.6 is 0 Å². The number of hydrogen-bond donors (Lipinski definition) is 1. The van der Waals surface area contributed by atoms with E-state index in [0.29, 0.717) is 36.2 Å². The number of benzene rings is 2. The van der Waals surface area contributed by atoms with E-state index in [2.05, 4.69) is 0 Å². The molecule has 7 nitrogen and oxygen atoms in total. The van der Waals surface area contributed by atoms with E-state index in [1.54, 1.807) is 37.0 Å². The van der Waals surface area contributed by atoms with Crippen molar-refractivity contribution in [2.45, 2.75) is 52.2 Å². The maximum Gasteiger partial charge on any atom is 0.333 e. The molecule has 1 amide bonds. The Morgan fingerprint density at radius 3 is 2.43 bits per heavy atom. The van der Waals surface area contributed by atoms with Crippen molar-refractivity contribution < 1.29 is 29.0 Å². The number of nitrogens with zero attached hydrogens (tertiary/aromatic N) is 1. The van der Waals surface area contributed by atoms with Crippen LogP contribution in [0.25, 0.3) is 0 Å². The summed E-state index contributed by atoms with van der Waals surface area (Å²) in [6.45, 7) is 6.14. The second-order valence-corrected chi connectivity index (χ2v) is 9.53. The summed E-state index contributed by atoms with van der Waals surface area (Å²) in [4.78, 5) is 40.6. The lowest BCUT2D eigenvalue weighted by molar-refractivity contribution is -0.153. The molecule has 7 heteroatoms. The third-order valence-electron chi connectivity index (χ3n) is 7.02. The van der Waals surface area contributed by atoms with E-state index in [9.17, 15) is 19.5 Å². The molecular formula is C30H33NO6. The highest BCUT2D eigenvalue weighted by atomic mass is 16.5. The van der Waals surface area contributed by atoms with E-state index in [4.69, 9.17) is 9.47 Å². The first-order chi connectivity index (χ1) is 17.7. The van der Waals surface area contributed by atoms with Crippen molar-refractivity contribution in [1.82, 2.24) is 0 Å². The van der Waals surface area contributed by atoms with E-state index in [0.717, 1.165) is 11.1 Å². The van der Waals surface area contributed by atoms with Gasteiger partial charge in [0, 0.05) is 11.1 Å². The van der Waals surface area contributed by atoms with Crippen molar-refractivity contribution >= 4 is 23.5 Å². The Balaban J connectivity index is 1.71. The predicted octanol–water partition coefficient (Wildman–Crippen LogP) is 4.51. The smallest absolute Gasteiger partial charge is 0.333 e. The summed E-state index contributed by atoms with van der Waals surface area (Å²) in [5, 5.41) is 11.8. The molecule has 2 aliphatic rings. The molecule has 0 spiro atoms. The van der Waals surface area contributed by atoms with Gasteiger partial charge in [-0.2, -0.15) is 0 Å². The van der Waals surface area contributed by atoms with Gasteiger partial charge in [-0.3, -0.25) is 9.59 Å². The standard InChI is InChI=1S/C30H33NO6/c1-4-36-26(32)23-13-15-29(16-14-23,28(34)37-5-2)17-18-30(35)24-19-21(3)11-12-25(24)31(27(30)33)20-22-9-7-6-8-10-22/h6-13,17-19,35H,4-5,14-16,20H2,1-3H3/b18-17+. The molecule has 0 saturated heterocycles. The van der Waals surface area contributed by atoms with Crippen molar-refractivity contribution in [2.75, 3.05) is 18.1 Å². The van der Waals surface area contributed by atoms with Crippen LogP contribution in [0.2, 0.25) is 0 Å². The summed E-state index contributed by atoms with van der Waals surface area (Å²) >= 11 is 0. The zero-order valence-electron chi connectivity index (χ0n) is 21.5. The lowest BCUT2D eigenvalue weighted by atomic mass is 9.73. The largest absolute Gasteiger partial charge is 0.465 e. The highest BCUT2D eigenvalue weighted by Gasteiger charge is 2.49. The van der Waals surface area contributed by atoms with Crippen LogP contribution in [-0.2, 0) is 36.0 Å².